The summed E-state index contributed by atoms with van der Waals surface area (Å²) in [5.74, 6) is -2.48. The summed E-state index contributed by atoms with van der Waals surface area (Å²) < 4.78 is 0. The largest absolute Gasteiger partial charge is 0.757 e. The second kappa shape index (κ2) is 2.28. The third kappa shape index (κ3) is 0.750. The molecule has 2 rings (SSSR count). The Kier molecular flexibility index (Phi) is 1.55. The van der Waals surface area contributed by atoms with Crippen LogP contribution in [-0.2, 0) is 9.88 Å². The molecular weight excluding hydrogens is 178 g/mol. The van der Waals surface area contributed by atoms with Crippen LogP contribution in [0.25, 0.3) is 0 Å². The SMILES string of the molecule is [O-]N1NC2(N([O-])O1)N([O-])ON2[O-]. The maximum Gasteiger partial charge on any atom is 0.240 e. The fourth-order valence-corrected chi connectivity index (χ4v) is 0.738. The van der Waals surface area contributed by atoms with Gasteiger partial charge in [0.05, 0.1) is 0 Å². The molecule has 2 saturated heterocycles. The predicted octanol–water partition coefficient (Wildman–Crippen LogP) is -1.98. The second-order valence-corrected chi connectivity index (χ2v) is 1.94. The number of hydrazine groups is 1. The van der Waals surface area contributed by atoms with Crippen molar-refractivity contribution in [3.8, 4) is 0 Å². The highest BCUT2D eigenvalue weighted by Crippen LogP contribution is 2.34. The number of nitrogens with one attached hydrogen (secondary N) is 1. The summed E-state index contributed by atoms with van der Waals surface area (Å²) in [6.07, 6.45) is 0. The van der Waals surface area contributed by atoms with E-state index in [0.29, 0.717) is 0 Å². The highest BCUT2D eigenvalue weighted by molar-refractivity contribution is 4.86. The van der Waals surface area contributed by atoms with Gasteiger partial charge in [0, 0.05) is 0 Å². The lowest BCUT2D eigenvalue weighted by molar-refractivity contribution is -0.539. The molecule has 70 valence electrons. The molecule has 0 aromatic heterocycles. The molecule has 1 spiro atoms. The van der Waals surface area contributed by atoms with Crippen molar-refractivity contribution in [2.75, 3.05) is 0 Å². The van der Waals surface area contributed by atoms with Crippen LogP contribution in [0, 0.1) is 20.8 Å². The normalized spacial score (nSPS) is 33.0. The highest BCUT2D eigenvalue weighted by atomic mass is 17.2. The Bertz CT molecular complexity index is 190. The van der Waals surface area contributed by atoms with Gasteiger partial charge >= 0.3 is 0 Å². The van der Waals surface area contributed by atoms with Crippen LogP contribution >= 0.6 is 0 Å². The zero-order valence-corrected chi connectivity index (χ0v) is 5.24. The van der Waals surface area contributed by atoms with E-state index in [1.807, 2.05) is 0 Å². The average molecular weight is 179 g/mol. The number of hydroxylamine groups is 6. The van der Waals surface area contributed by atoms with Gasteiger partial charge in [0.15, 0.2) is 0 Å². The Morgan fingerprint density at radius 2 is 1.42 bits per heavy atom. The zero-order chi connectivity index (χ0) is 8.93. The molecule has 12 heavy (non-hydrogen) atoms. The Morgan fingerprint density at radius 3 is 1.67 bits per heavy atom. The van der Waals surface area contributed by atoms with Gasteiger partial charge in [0.1, 0.15) is 0 Å². The Balaban J connectivity index is 2.19. The summed E-state index contributed by atoms with van der Waals surface area (Å²) >= 11 is 0. The van der Waals surface area contributed by atoms with Crippen molar-refractivity contribution in [3.05, 3.63) is 20.8 Å². The first-order valence-corrected chi connectivity index (χ1v) is 2.61. The van der Waals surface area contributed by atoms with Crippen LogP contribution in [0.1, 0.15) is 0 Å². The van der Waals surface area contributed by atoms with Crippen molar-refractivity contribution in [3.63, 3.8) is 0 Å². The summed E-state index contributed by atoms with van der Waals surface area (Å²) in [6, 6.07) is 0. The molecule has 0 aromatic rings. The molecule has 0 unspecified atom stereocenters. The summed E-state index contributed by atoms with van der Waals surface area (Å²) in [5, 5.41) is 40.2. The Hall–Kier alpha value is -0.440. The third-order valence-electron chi connectivity index (χ3n) is 1.30. The molecule has 0 amide bonds. The minimum Gasteiger partial charge on any atom is -0.757 e. The monoisotopic (exact) mass is 179 g/mol. The first-order chi connectivity index (χ1) is 5.57. The zero-order valence-electron chi connectivity index (χ0n) is 5.24. The van der Waals surface area contributed by atoms with Gasteiger partial charge in [-0.25, -0.2) is 9.88 Å². The summed E-state index contributed by atoms with van der Waals surface area (Å²) in [4.78, 5) is 7.44. The molecule has 0 radical (unpaired) electrons. The van der Waals surface area contributed by atoms with Crippen LogP contribution in [-0.4, -0.2) is 26.9 Å². The van der Waals surface area contributed by atoms with Gasteiger partial charge in [-0.05, 0) is 0 Å². The molecular formula is CHN5O6-4. The minimum atomic E-state index is -2.48. The molecule has 0 atom stereocenters. The highest BCUT2D eigenvalue weighted by Gasteiger charge is 2.51. The first kappa shape index (κ1) is 8.17. The molecule has 0 aliphatic carbocycles. The van der Waals surface area contributed by atoms with Crippen LogP contribution in [0.5, 0.6) is 0 Å². The molecule has 2 heterocycles. The third-order valence-corrected chi connectivity index (χ3v) is 1.30. The van der Waals surface area contributed by atoms with Gasteiger partial charge in [-0.1, -0.05) is 0 Å². The van der Waals surface area contributed by atoms with Gasteiger partial charge in [0.25, 0.3) is 0 Å². The van der Waals surface area contributed by atoms with Gasteiger partial charge in [-0.2, -0.15) is 26.4 Å². The Labute approximate surface area is 64.3 Å². The average Bonchev–Trinajstić information content (AvgIpc) is 2.29. The van der Waals surface area contributed by atoms with E-state index in [2.05, 4.69) is 9.88 Å². The van der Waals surface area contributed by atoms with Crippen molar-refractivity contribution in [2.24, 2.45) is 0 Å². The number of nitrogens with zero attached hydrogens (tertiary/aromatic N) is 4. The molecule has 2 aliphatic heterocycles. The first-order valence-electron chi connectivity index (χ1n) is 2.61. The molecule has 2 fully saturated rings. The van der Waals surface area contributed by atoms with Crippen LogP contribution in [0.15, 0.2) is 0 Å². The summed E-state index contributed by atoms with van der Waals surface area (Å²) in [7, 11) is 0. The molecule has 0 bridgehead atoms. The van der Waals surface area contributed by atoms with Crippen LogP contribution in [0.3, 0.4) is 0 Å². The van der Waals surface area contributed by atoms with E-state index >= 15 is 0 Å². The number of hydrogen-bond donors (Lipinski definition) is 1. The van der Waals surface area contributed by atoms with Gasteiger partial charge in [-0.15, -0.1) is 0 Å². The van der Waals surface area contributed by atoms with E-state index in [9.17, 15) is 20.8 Å². The molecule has 0 saturated carbocycles. The predicted molar refractivity (Wildman–Crippen MR) is 28.9 cm³/mol. The molecule has 11 nitrogen and oxygen atoms in total. The van der Waals surface area contributed by atoms with E-state index in [0.717, 1.165) is 0 Å². The molecule has 0 aromatic carbocycles. The van der Waals surface area contributed by atoms with E-state index in [4.69, 9.17) is 0 Å². The van der Waals surface area contributed by atoms with Crippen molar-refractivity contribution < 1.29 is 9.88 Å². The standard InChI is InChI=1S/CHN5O6/c7-3-1(4(8)11-3)2-6(10)12-5(1)9/h2H/q-4. The van der Waals surface area contributed by atoms with Gasteiger partial charge in [0.2, 0.25) is 5.91 Å². The molecule has 2 aliphatic rings. The van der Waals surface area contributed by atoms with Crippen LogP contribution < -0.4 is 5.43 Å². The summed E-state index contributed by atoms with van der Waals surface area (Å²) in [6.45, 7) is 0. The lowest BCUT2D eigenvalue weighted by atomic mass is 10.6. The Morgan fingerprint density at radius 1 is 0.917 bits per heavy atom. The van der Waals surface area contributed by atoms with Crippen molar-refractivity contribution in [1.29, 1.82) is 0 Å². The molecule has 1 N–H and O–H groups in total. The maximum absolute atomic E-state index is 10.6. The van der Waals surface area contributed by atoms with Crippen molar-refractivity contribution in [2.45, 2.75) is 5.91 Å². The van der Waals surface area contributed by atoms with Crippen molar-refractivity contribution in [1.82, 2.24) is 26.4 Å². The number of rotatable bonds is 0. The quantitative estimate of drug-likeness (QED) is 0.442. The van der Waals surface area contributed by atoms with Crippen LogP contribution in [0.2, 0.25) is 0 Å². The van der Waals surface area contributed by atoms with Gasteiger partial charge in [-0.3, -0.25) is 0 Å². The van der Waals surface area contributed by atoms with E-state index in [1.165, 1.54) is 0 Å². The minimum absolute atomic E-state index is 0.412. The van der Waals surface area contributed by atoms with E-state index in [-0.39, 0.29) is 0 Å². The van der Waals surface area contributed by atoms with E-state index < -0.39 is 26.9 Å². The summed E-state index contributed by atoms with van der Waals surface area (Å²) in [5.41, 5.74) is 1.59. The van der Waals surface area contributed by atoms with Gasteiger partial charge < -0.3 is 20.8 Å². The maximum atomic E-state index is 10.6. The fourth-order valence-electron chi connectivity index (χ4n) is 0.738. The number of hydrogen-bond acceptors (Lipinski definition) is 11. The lowest BCUT2D eigenvalue weighted by Gasteiger charge is -2.65. The van der Waals surface area contributed by atoms with Crippen molar-refractivity contribution >= 4 is 0 Å². The fraction of sp³-hybridized carbons (Fsp3) is 1.00. The van der Waals surface area contributed by atoms with E-state index in [1.54, 1.807) is 5.43 Å². The molecule has 11 heteroatoms. The second-order valence-electron chi connectivity index (χ2n) is 1.94. The smallest absolute Gasteiger partial charge is 0.240 e. The topological polar surface area (TPSA) is 136 Å². The van der Waals surface area contributed by atoms with Crippen LogP contribution in [0.4, 0.5) is 0 Å². The lowest BCUT2D eigenvalue weighted by Crippen LogP contribution is -2.78.